The largest absolute Gasteiger partial charge is 0.462 e. The van der Waals surface area contributed by atoms with Gasteiger partial charge in [-0.25, -0.2) is 0 Å². The fraction of sp³-hybridized carbons (Fsp3) is 0.938. The van der Waals surface area contributed by atoms with Gasteiger partial charge in [0.05, 0.1) is 11.0 Å². The lowest BCUT2D eigenvalue weighted by molar-refractivity contribution is -0.172. The van der Waals surface area contributed by atoms with Gasteiger partial charge in [-0.15, -0.1) is 0 Å². The molecule has 2 saturated carbocycles. The lowest BCUT2D eigenvalue weighted by Crippen LogP contribution is -2.48. The Kier molecular flexibility index (Phi) is 3.97. The highest BCUT2D eigenvalue weighted by atomic mass is 16.5. The molecule has 0 aromatic heterocycles. The molecule has 4 atom stereocenters. The molecule has 0 saturated heterocycles. The van der Waals surface area contributed by atoms with Crippen LogP contribution in [0, 0.1) is 17.3 Å². The minimum absolute atomic E-state index is 0.0884. The molecule has 0 aromatic carbocycles. The van der Waals surface area contributed by atoms with Gasteiger partial charge in [0.25, 0.3) is 0 Å². The third kappa shape index (κ3) is 3.31. The van der Waals surface area contributed by atoms with Gasteiger partial charge in [-0.1, -0.05) is 13.8 Å². The second-order valence-electron chi connectivity index (χ2n) is 7.54. The van der Waals surface area contributed by atoms with Gasteiger partial charge in [-0.2, -0.15) is 0 Å². The average Bonchev–Trinajstić information content (AvgIpc) is 2.25. The van der Waals surface area contributed by atoms with Gasteiger partial charge in [0.15, 0.2) is 0 Å². The van der Waals surface area contributed by atoms with Crippen LogP contribution in [0.2, 0.25) is 0 Å². The molecule has 0 amide bonds. The summed E-state index contributed by atoms with van der Waals surface area (Å²) in [4.78, 5) is 12.1. The minimum Gasteiger partial charge on any atom is -0.462 e. The Balaban J connectivity index is 1.99. The molecule has 0 spiro atoms. The normalized spacial score (nSPS) is 38.9. The van der Waals surface area contributed by atoms with E-state index in [1.165, 1.54) is 0 Å². The standard InChI is InChI=1S/C16H28O3/c1-5-15(3,4)14(17)19-13-7-12-6-11(2)8-16(18,9-12)10-13/h11-13,18H,5-10H2,1-4H3/t11-,12?,13?,16?/m1/s1. The first-order valence-corrected chi connectivity index (χ1v) is 7.67. The number of ether oxygens (including phenoxy) is 1. The first-order chi connectivity index (χ1) is 8.74. The van der Waals surface area contributed by atoms with Crippen LogP contribution in [0.4, 0.5) is 0 Å². The summed E-state index contributed by atoms with van der Waals surface area (Å²) in [6.07, 6.45) is 5.15. The quantitative estimate of drug-likeness (QED) is 0.799. The molecule has 2 fully saturated rings. The Morgan fingerprint density at radius 3 is 2.58 bits per heavy atom. The zero-order valence-electron chi connectivity index (χ0n) is 12.7. The maximum Gasteiger partial charge on any atom is 0.311 e. The van der Waals surface area contributed by atoms with Crippen molar-refractivity contribution in [3.63, 3.8) is 0 Å². The number of esters is 1. The molecule has 3 nitrogen and oxygen atoms in total. The molecule has 0 radical (unpaired) electrons. The van der Waals surface area contributed by atoms with Crippen LogP contribution in [-0.2, 0) is 9.53 Å². The summed E-state index contributed by atoms with van der Waals surface area (Å²) in [5.41, 5.74) is -1.01. The van der Waals surface area contributed by atoms with Crippen LogP contribution in [0.5, 0.6) is 0 Å². The SMILES string of the molecule is CCC(C)(C)C(=O)OC1CC2C[C@@H](C)CC(O)(C2)C1. The van der Waals surface area contributed by atoms with E-state index in [-0.39, 0.29) is 12.1 Å². The average molecular weight is 268 g/mol. The number of aliphatic hydroxyl groups is 1. The van der Waals surface area contributed by atoms with Crippen LogP contribution < -0.4 is 0 Å². The van der Waals surface area contributed by atoms with E-state index in [0.717, 1.165) is 32.1 Å². The van der Waals surface area contributed by atoms with Crippen LogP contribution in [0.1, 0.15) is 66.2 Å². The molecule has 2 aliphatic rings. The minimum atomic E-state index is -0.595. The van der Waals surface area contributed by atoms with Crippen molar-refractivity contribution in [3.05, 3.63) is 0 Å². The molecule has 3 unspecified atom stereocenters. The van der Waals surface area contributed by atoms with Gasteiger partial charge < -0.3 is 9.84 Å². The van der Waals surface area contributed by atoms with Crippen molar-refractivity contribution in [1.82, 2.24) is 0 Å². The van der Waals surface area contributed by atoms with Crippen LogP contribution in [0.3, 0.4) is 0 Å². The van der Waals surface area contributed by atoms with Crippen molar-refractivity contribution in [3.8, 4) is 0 Å². The summed E-state index contributed by atoms with van der Waals surface area (Å²) in [5.74, 6) is 0.995. The van der Waals surface area contributed by atoms with Gasteiger partial charge in [-0.3, -0.25) is 4.79 Å². The zero-order valence-corrected chi connectivity index (χ0v) is 12.7. The Hall–Kier alpha value is -0.570. The van der Waals surface area contributed by atoms with Crippen molar-refractivity contribution >= 4 is 5.97 Å². The number of hydrogen-bond acceptors (Lipinski definition) is 3. The number of hydrogen-bond donors (Lipinski definition) is 1. The smallest absolute Gasteiger partial charge is 0.311 e. The summed E-state index contributed by atoms with van der Waals surface area (Å²) in [6, 6.07) is 0. The van der Waals surface area contributed by atoms with Gasteiger partial charge in [0.2, 0.25) is 0 Å². The Labute approximate surface area is 116 Å². The van der Waals surface area contributed by atoms with Crippen LogP contribution in [0.15, 0.2) is 0 Å². The number of fused-ring (bicyclic) bond motifs is 2. The van der Waals surface area contributed by atoms with Gasteiger partial charge in [-0.05, 0) is 57.8 Å². The van der Waals surface area contributed by atoms with Crippen molar-refractivity contribution in [1.29, 1.82) is 0 Å². The first-order valence-electron chi connectivity index (χ1n) is 7.67. The highest BCUT2D eigenvalue weighted by Gasteiger charge is 2.45. The molecule has 1 N–H and O–H groups in total. The molecule has 2 rings (SSSR count). The summed E-state index contributed by atoms with van der Waals surface area (Å²) in [6.45, 7) is 8.07. The van der Waals surface area contributed by atoms with Crippen molar-refractivity contribution in [2.24, 2.45) is 17.3 Å². The van der Waals surface area contributed by atoms with Gasteiger partial charge in [0, 0.05) is 6.42 Å². The predicted molar refractivity (Wildman–Crippen MR) is 74.6 cm³/mol. The predicted octanol–water partition coefficient (Wildman–Crippen LogP) is 3.30. The van der Waals surface area contributed by atoms with E-state index in [2.05, 4.69) is 6.92 Å². The van der Waals surface area contributed by atoms with Crippen LogP contribution >= 0.6 is 0 Å². The Morgan fingerprint density at radius 1 is 1.32 bits per heavy atom. The van der Waals surface area contributed by atoms with Crippen LogP contribution in [0.25, 0.3) is 0 Å². The van der Waals surface area contributed by atoms with E-state index in [4.69, 9.17) is 4.74 Å². The van der Waals surface area contributed by atoms with E-state index in [0.29, 0.717) is 18.3 Å². The molecule has 110 valence electrons. The summed E-state index contributed by atoms with van der Waals surface area (Å²) in [5, 5.41) is 10.6. The molecule has 3 heteroatoms. The van der Waals surface area contributed by atoms with Crippen molar-refractivity contribution in [2.75, 3.05) is 0 Å². The second kappa shape index (κ2) is 5.08. The molecule has 2 aliphatic carbocycles. The zero-order chi connectivity index (χ0) is 14.3. The summed E-state index contributed by atoms with van der Waals surface area (Å²) >= 11 is 0. The number of carbonyl (C=O) groups is 1. The molecular weight excluding hydrogens is 240 g/mol. The molecule has 19 heavy (non-hydrogen) atoms. The lowest BCUT2D eigenvalue weighted by atomic mass is 9.65. The van der Waals surface area contributed by atoms with E-state index >= 15 is 0 Å². The van der Waals surface area contributed by atoms with Gasteiger partial charge in [0.1, 0.15) is 6.10 Å². The fourth-order valence-electron chi connectivity index (χ4n) is 3.78. The Bertz CT molecular complexity index is 346. The number of rotatable bonds is 3. The topological polar surface area (TPSA) is 46.5 Å². The third-order valence-electron chi connectivity index (χ3n) is 5.05. The van der Waals surface area contributed by atoms with E-state index < -0.39 is 11.0 Å². The maximum absolute atomic E-state index is 12.1. The second-order valence-corrected chi connectivity index (χ2v) is 7.54. The van der Waals surface area contributed by atoms with E-state index in [9.17, 15) is 9.90 Å². The summed E-state index contributed by atoms with van der Waals surface area (Å²) in [7, 11) is 0. The molecule has 2 bridgehead atoms. The lowest BCUT2D eigenvalue weighted by Gasteiger charge is -2.47. The van der Waals surface area contributed by atoms with E-state index in [1.54, 1.807) is 0 Å². The number of carbonyl (C=O) groups excluding carboxylic acids is 1. The fourth-order valence-corrected chi connectivity index (χ4v) is 3.78. The highest BCUT2D eigenvalue weighted by molar-refractivity contribution is 5.76. The first kappa shape index (κ1) is 14.8. The Morgan fingerprint density at radius 2 is 2.00 bits per heavy atom. The molecule has 0 aliphatic heterocycles. The van der Waals surface area contributed by atoms with Crippen molar-refractivity contribution in [2.45, 2.75) is 77.9 Å². The maximum atomic E-state index is 12.1. The van der Waals surface area contributed by atoms with Crippen LogP contribution in [-0.4, -0.2) is 22.8 Å². The molecule has 0 heterocycles. The molecule has 0 aromatic rings. The van der Waals surface area contributed by atoms with Crippen molar-refractivity contribution < 1.29 is 14.6 Å². The third-order valence-corrected chi connectivity index (χ3v) is 5.05. The van der Waals surface area contributed by atoms with Gasteiger partial charge >= 0.3 is 5.97 Å². The van der Waals surface area contributed by atoms with E-state index in [1.807, 2.05) is 20.8 Å². The highest BCUT2D eigenvalue weighted by Crippen LogP contribution is 2.46. The monoisotopic (exact) mass is 268 g/mol. The summed E-state index contributed by atoms with van der Waals surface area (Å²) < 4.78 is 5.68. The molecular formula is C16H28O3.